The molecule has 2 aliphatic heterocycles. The summed E-state index contributed by atoms with van der Waals surface area (Å²) in [5.74, 6) is 0.0480. The Hall–Kier alpha value is -2.94. The monoisotopic (exact) mass is 556 g/mol. The minimum absolute atomic E-state index is 0.0136. The molecule has 2 atom stereocenters. The molecule has 2 saturated heterocycles. The van der Waals surface area contributed by atoms with E-state index in [1.807, 2.05) is 11.8 Å². The van der Waals surface area contributed by atoms with E-state index in [0.29, 0.717) is 35.1 Å². The van der Waals surface area contributed by atoms with Crippen molar-refractivity contribution in [1.29, 1.82) is 0 Å². The van der Waals surface area contributed by atoms with Gasteiger partial charge in [0.1, 0.15) is 11.6 Å². The number of likely N-dealkylation sites (tertiary alicyclic amines) is 1. The number of ether oxygens (including phenoxy) is 1. The van der Waals surface area contributed by atoms with Crippen LogP contribution in [0.5, 0.6) is 5.75 Å². The average molecular weight is 557 g/mol. The lowest BCUT2D eigenvalue weighted by Gasteiger charge is -2.39. The van der Waals surface area contributed by atoms with Crippen molar-refractivity contribution in [2.24, 2.45) is 0 Å². The Balaban J connectivity index is 1.44. The Bertz CT molecular complexity index is 1200. The standard InChI is InChI=1S/C30H38ClFN4O3/c1-20(2)35-13-5-6-27(35)30(38)33-26-17-25(31)28(39-4)16-23(26)9-12-29(37)36-15-14-34(18-21(36)3)19-22-7-10-24(32)11-8-22/h7-12,16-17,20-21,27H,5-6,13-15,18-19H2,1-4H3,(H,33,38)/b12-9+/t21-,27-/m0/s1. The van der Waals surface area contributed by atoms with Crippen LogP contribution in [0.4, 0.5) is 10.1 Å². The molecule has 0 unspecified atom stereocenters. The summed E-state index contributed by atoms with van der Waals surface area (Å²) in [6.45, 7) is 9.87. The molecule has 9 heteroatoms. The van der Waals surface area contributed by atoms with Crippen LogP contribution >= 0.6 is 11.6 Å². The highest BCUT2D eigenvalue weighted by atomic mass is 35.5. The van der Waals surface area contributed by atoms with Gasteiger partial charge in [0.25, 0.3) is 0 Å². The van der Waals surface area contributed by atoms with Gasteiger partial charge in [-0.3, -0.25) is 19.4 Å². The van der Waals surface area contributed by atoms with Gasteiger partial charge in [-0.25, -0.2) is 4.39 Å². The molecule has 2 amide bonds. The van der Waals surface area contributed by atoms with Gasteiger partial charge in [-0.15, -0.1) is 0 Å². The van der Waals surface area contributed by atoms with Crippen LogP contribution in [0.25, 0.3) is 6.08 Å². The summed E-state index contributed by atoms with van der Waals surface area (Å²) in [5.41, 5.74) is 2.24. The summed E-state index contributed by atoms with van der Waals surface area (Å²) in [6, 6.07) is 10.0. The van der Waals surface area contributed by atoms with Crippen LogP contribution in [0.3, 0.4) is 0 Å². The fourth-order valence-corrected chi connectivity index (χ4v) is 5.73. The molecule has 7 nitrogen and oxygen atoms in total. The second-order valence-corrected chi connectivity index (χ2v) is 11.0. The number of carbonyl (C=O) groups is 2. The first-order chi connectivity index (χ1) is 18.7. The summed E-state index contributed by atoms with van der Waals surface area (Å²) in [6.07, 6.45) is 5.04. The molecule has 2 aliphatic rings. The zero-order valence-electron chi connectivity index (χ0n) is 23.1. The lowest BCUT2D eigenvalue weighted by Crippen LogP contribution is -2.53. The number of hydrogen-bond donors (Lipinski definition) is 1. The van der Waals surface area contributed by atoms with Crippen molar-refractivity contribution in [2.45, 2.75) is 58.3 Å². The van der Waals surface area contributed by atoms with Gasteiger partial charge in [-0.2, -0.15) is 0 Å². The Morgan fingerprint density at radius 1 is 1.18 bits per heavy atom. The van der Waals surface area contributed by atoms with Crippen molar-refractivity contribution >= 4 is 35.2 Å². The molecular weight excluding hydrogens is 519 g/mol. The molecular formula is C30H38ClFN4O3. The summed E-state index contributed by atoms with van der Waals surface area (Å²) >= 11 is 6.40. The molecule has 210 valence electrons. The maximum Gasteiger partial charge on any atom is 0.246 e. The molecule has 4 rings (SSSR count). The number of nitrogens with zero attached hydrogens (tertiary/aromatic N) is 3. The van der Waals surface area contributed by atoms with Crippen LogP contribution in [-0.4, -0.2) is 77.9 Å². The van der Waals surface area contributed by atoms with Gasteiger partial charge in [0.15, 0.2) is 0 Å². The summed E-state index contributed by atoms with van der Waals surface area (Å²) in [5, 5.41) is 3.43. The smallest absolute Gasteiger partial charge is 0.246 e. The van der Waals surface area contributed by atoms with Gasteiger partial charge in [0.2, 0.25) is 11.8 Å². The van der Waals surface area contributed by atoms with Crippen LogP contribution < -0.4 is 10.1 Å². The number of carbonyl (C=O) groups excluding carboxylic acids is 2. The van der Waals surface area contributed by atoms with Crippen LogP contribution in [0.15, 0.2) is 42.5 Å². The molecule has 39 heavy (non-hydrogen) atoms. The Morgan fingerprint density at radius 3 is 2.59 bits per heavy atom. The van der Waals surface area contributed by atoms with E-state index in [9.17, 15) is 14.0 Å². The number of piperazine rings is 1. The van der Waals surface area contributed by atoms with Gasteiger partial charge in [-0.1, -0.05) is 23.7 Å². The molecule has 0 saturated carbocycles. The number of benzene rings is 2. The maximum atomic E-state index is 13.2. The number of methoxy groups -OCH3 is 1. The molecule has 2 aromatic carbocycles. The molecule has 1 N–H and O–H groups in total. The van der Waals surface area contributed by atoms with E-state index in [1.165, 1.54) is 19.2 Å². The van der Waals surface area contributed by atoms with Crippen LogP contribution in [0, 0.1) is 5.82 Å². The van der Waals surface area contributed by atoms with Crippen molar-refractivity contribution in [2.75, 3.05) is 38.6 Å². The second-order valence-electron chi connectivity index (χ2n) is 10.6. The Labute approximate surface area is 235 Å². The van der Waals surface area contributed by atoms with Crippen molar-refractivity contribution in [3.63, 3.8) is 0 Å². The molecule has 2 aromatic rings. The maximum absolute atomic E-state index is 13.2. The minimum Gasteiger partial charge on any atom is -0.495 e. The molecule has 0 aliphatic carbocycles. The highest BCUT2D eigenvalue weighted by Crippen LogP contribution is 2.33. The largest absolute Gasteiger partial charge is 0.495 e. The number of anilines is 1. The lowest BCUT2D eigenvalue weighted by molar-refractivity contribution is -0.130. The van der Waals surface area contributed by atoms with Gasteiger partial charge >= 0.3 is 0 Å². The van der Waals surface area contributed by atoms with Crippen molar-refractivity contribution in [1.82, 2.24) is 14.7 Å². The van der Waals surface area contributed by atoms with Crippen LogP contribution in [0.1, 0.15) is 44.7 Å². The Kier molecular flexibility index (Phi) is 9.64. The van der Waals surface area contributed by atoms with E-state index < -0.39 is 0 Å². The molecule has 2 fully saturated rings. The Morgan fingerprint density at radius 2 is 1.92 bits per heavy atom. The topological polar surface area (TPSA) is 65.1 Å². The molecule has 0 bridgehead atoms. The van der Waals surface area contributed by atoms with Gasteiger partial charge in [-0.05, 0) is 76.1 Å². The van der Waals surface area contributed by atoms with Crippen molar-refractivity contribution < 1.29 is 18.7 Å². The quantitative estimate of drug-likeness (QED) is 0.461. The summed E-state index contributed by atoms with van der Waals surface area (Å²) < 4.78 is 18.6. The van der Waals surface area contributed by atoms with Gasteiger partial charge < -0.3 is 15.0 Å². The number of hydrogen-bond acceptors (Lipinski definition) is 5. The highest BCUT2D eigenvalue weighted by Gasteiger charge is 2.32. The molecule has 0 spiro atoms. The predicted octanol–water partition coefficient (Wildman–Crippen LogP) is 5.05. The van der Waals surface area contributed by atoms with Gasteiger partial charge in [0, 0.05) is 55.6 Å². The van der Waals surface area contributed by atoms with Crippen molar-refractivity contribution in [3.8, 4) is 5.75 Å². The summed E-state index contributed by atoms with van der Waals surface area (Å²) in [4.78, 5) is 32.7. The lowest BCUT2D eigenvalue weighted by atomic mass is 10.1. The van der Waals surface area contributed by atoms with Crippen molar-refractivity contribution in [3.05, 3.63) is 64.4 Å². The van der Waals surface area contributed by atoms with E-state index >= 15 is 0 Å². The first kappa shape index (κ1) is 29.1. The number of rotatable bonds is 8. The van der Waals surface area contributed by atoms with E-state index in [2.05, 4.69) is 29.0 Å². The SMILES string of the molecule is COc1cc(/C=C/C(=O)N2CCN(Cc3ccc(F)cc3)C[C@@H]2C)c(NC(=O)[C@@H]2CCCN2C(C)C)cc1Cl. The number of amides is 2. The third-order valence-electron chi connectivity index (χ3n) is 7.56. The first-order valence-electron chi connectivity index (χ1n) is 13.6. The first-order valence-corrected chi connectivity index (χ1v) is 13.9. The zero-order valence-corrected chi connectivity index (χ0v) is 23.9. The number of halogens is 2. The fourth-order valence-electron chi connectivity index (χ4n) is 5.49. The van der Waals surface area contributed by atoms with E-state index in [4.69, 9.17) is 16.3 Å². The van der Waals surface area contributed by atoms with Crippen LogP contribution in [-0.2, 0) is 16.1 Å². The normalized spacial score (nSPS) is 20.6. The summed E-state index contributed by atoms with van der Waals surface area (Å²) in [7, 11) is 1.53. The molecule has 0 radical (unpaired) electrons. The van der Waals surface area contributed by atoms with E-state index in [0.717, 1.165) is 38.0 Å². The van der Waals surface area contributed by atoms with E-state index in [1.54, 1.807) is 36.4 Å². The average Bonchev–Trinajstić information content (AvgIpc) is 3.40. The fraction of sp³-hybridized carbons (Fsp3) is 0.467. The molecule has 0 aromatic heterocycles. The minimum atomic E-state index is -0.244. The number of nitrogens with one attached hydrogen (secondary N) is 1. The highest BCUT2D eigenvalue weighted by molar-refractivity contribution is 6.32. The van der Waals surface area contributed by atoms with E-state index in [-0.39, 0.29) is 35.8 Å². The second kappa shape index (κ2) is 12.9. The van der Waals surface area contributed by atoms with Crippen LogP contribution in [0.2, 0.25) is 5.02 Å². The third-order valence-corrected chi connectivity index (χ3v) is 7.86. The third kappa shape index (κ3) is 7.18. The van der Waals surface area contributed by atoms with Gasteiger partial charge in [0.05, 0.1) is 18.2 Å². The zero-order chi connectivity index (χ0) is 28.1. The molecule has 2 heterocycles. The predicted molar refractivity (Wildman–Crippen MR) is 153 cm³/mol.